The first-order valence-corrected chi connectivity index (χ1v) is 15.8. The molecule has 0 radical (unpaired) electrons. The van der Waals surface area contributed by atoms with E-state index in [1.807, 2.05) is 43.3 Å². The molecule has 5 nitrogen and oxygen atoms in total. The standard InChI is InChI=1S/C33H32N2O.C5H10.C2H4O2/c1-3-35-31-19-17-25(30(34)16-10-8-14-24-12-5-4-6-13-24)21-28(31)29-22-26(18-20-32(29)35)33(36)27-15-9-7-11-23(27)2;1-3-5-4-2;1-2(3)4/h4-6,8-9,12-15,17-22,34H,3,7,10-11,16H2,1-2H3;3,5H,4H2,1-2H3;1H3,(H,3,4)/b14-8+,34-30?;5-3+;. The number of fused-ring (bicyclic) bond motifs is 3. The smallest absolute Gasteiger partial charge is 0.300 e. The molecule has 0 amide bonds. The number of hydrogen-bond acceptors (Lipinski definition) is 3. The fraction of sp³-hybridized carbons (Fsp3) is 0.275. The average Bonchev–Trinajstić information content (AvgIpc) is 3.36. The molecule has 0 unspecified atom stereocenters. The number of Topliss-reactive ketones (excluding diaryl/α,β-unsaturated/α-hetero) is 1. The molecule has 0 bridgehead atoms. The lowest BCUT2D eigenvalue weighted by Gasteiger charge is -2.12. The number of nitrogens with one attached hydrogen (secondary N) is 1. The predicted octanol–water partition coefficient (Wildman–Crippen LogP) is 10.6. The van der Waals surface area contributed by atoms with Gasteiger partial charge in [0.05, 0.1) is 0 Å². The summed E-state index contributed by atoms with van der Waals surface area (Å²) in [6.45, 7) is 10.3. The second-order valence-corrected chi connectivity index (χ2v) is 11.0. The fourth-order valence-corrected chi connectivity index (χ4v) is 5.37. The molecule has 5 rings (SSSR count). The zero-order valence-corrected chi connectivity index (χ0v) is 27.3. The lowest BCUT2D eigenvalue weighted by atomic mass is 9.92. The number of aliphatic carboxylic acids is 1. The van der Waals surface area contributed by atoms with Crippen LogP contribution in [-0.2, 0) is 11.3 Å². The quantitative estimate of drug-likeness (QED) is 0.114. The van der Waals surface area contributed by atoms with E-state index in [4.69, 9.17) is 15.3 Å². The summed E-state index contributed by atoms with van der Waals surface area (Å²) >= 11 is 0. The van der Waals surface area contributed by atoms with Gasteiger partial charge in [-0.2, -0.15) is 0 Å². The van der Waals surface area contributed by atoms with Crippen molar-refractivity contribution in [3.8, 4) is 0 Å². The van der Waals surface area contributed by atoms with E-state index in [0.717, 1.165) is 83.2 Å². The second kappa shape index (κ2) is 17.5. The highest BCUT2D eigenvalue weighted by Gasteiger charge is 2.18. The number of benzene rings is 3. The van der Waals surface area contributed by atoms with E-state index < -0.39 is 5.97 Å². The third-order valence-corrected chi connectivity index (χ3v) is 7.61. The summed E-state index contributed by atoms with van der Waals surface area (Å²) in [4.78, 5) is 22.3. The molecule has 4 aromatic rings. The maximum absolute atomic E-state index is 13.3. The SMILES string of the molecule is C/C=C/CC.CC(=O)O.CCn1c2ccc(C(=N)CC/C=C/c3ccccc3)cc2c2cc(C(=O)C3=C(C)CCC=C3)ccc21. The molecule has 45 heavy (non-hydrogen) atoms. The Balaban J connectivity index is 0.000000543. The Morgan fingerprint density at radius 1 is 0.933 bits per heavy atom. The molecule has 0 aliphatic heterocycles. The Morgan fingerprint density at radius 3 is 2.11 bits per heavy atom. The first-order chi connectivity index (χ1) is 21.7. The summed E-state index contributed by atoms with van der Waals surface area (Å²) in [5.41, 5.74) is 7.74. The molecular formula is C40H46N2O3. The monoisotopic (exact) mass is 602 g/mol. The van der Waals surface area contributed by atoms with Gasteiger partial charge in [-0.1, -0.05) is 85.4 Å². The molecule has 5 heteroatoms. The fourth-order valence-electron chi connectivity index (χ4n) is 5.37. The van der Waals surface area contributed by atoms with Crippen molar-refractivity contribution in [2.75, 3.05) is 0 Å². The lowest BCUT2D eigenvalue weighted by molar-refractivity contribution is -0.134. The van der Waals surface area contributed by atoms with Crippen LogP contribution in [0.3, 0.4) is 0 Å². The van der Waals surface area contributed by atoms with Gasteiger partial charge in [0.2, 0.25) is 0 Å². The molecule has 1 heterocycles. The largest absolute Gasteiger partial charge is 0.481 e. The Bertz CT molecular complexity index is 1750. The van der Waals surface area contributed by atoms with E-state index in [2.05, 4.69) is 92.1 Å². The van der Waals surface area contributed by atoms with Gasteiger partial charge in [0.25, 0.3) is 5.97 Å². The number of aryl methyl sites for hydroxylation is 1. The summed E-state index contributed by atoms with van der Waals surface area (Å²) in [7, 11) is 0. The molecule has 234 valence electrons. The van der Waals surface area contributed by atoms with Gasteiger partial charge < -0.3 is 15.1 Å². The zero-order chi connectivity index (χ0) is 32.8. The molecule has 3 aromatic carbocycles. The van der Waals surface area contributed by atoms with Gasteiger partial charge in [0, 0.05) is 52.1 Å². The van der Waals surface area contributed by atoms with Crippen LogP contribution in [0.2, 0.25) is 0 Å². The summed E-state index contributed by atoms with van der Waals surface area (Å²) in [6.07, 6.45) is 17.1. The van der Waals surface area contributed by atoms with Crippen molar-refractivity contribution in [1.29, 1.82) is 5.41 Å². The topological polar surface area (TPSA) is 83.2 Å². The molecule has 0 fully saturated rings. The number of carboxylic acid groups (broad SMARTS) is 1. The van der Waals surface area contributed by atoms with Crippen LogP contribution >= 0.6 is 0 Å². The van der Waals surface area contributed by atoms with Gasteiger partial charge in [0.1, 0.15) is 0 Å². The number of hydrogen-bond donors (Lipinski definition) is 2. The van der Waals surface area contributed by atoms with E-state index in [0.29, 0.717) is 12.1 Å². The van der Waals surface area contributed by atoms with Crippen LogP contribution in [-0.4, -0.2) is 27.1 Å². The average molecular weight is 603 g/mol. The van der Waals surface area contributed by atoms with E-state index in [1.165, 1.54) is 5.56 Å². The Hall–Kier alpha value is -4.77. The molecule has 0 saturated heterocycles. The minimum Gasteiger partial charge on any atom is -0.481 e. The number of carbonyl (C=O) groups excluding carboxylic acids is 1. The summed E-state index contributed by atoms with van der Waals surface area (Å²) < 4.78 is 2.29. The molecule has 0 spiro atoms. The normalized spacial score (nSPS) is 12.7. The van der Waals surface area contributed by atoms with Crippen molar-refractivity contribution in [1.82, 2.24) is 4.57 Å². The minimum absolute atomic E-state index is 0.0943. The molecule has 0 saturated carbocycles. The number of carboxylic acids is 1. The van der Waals surface area contributed by atoms with Crippen molar-refractivity contribution in [3.05, 3.63) is 125 Å². The highest BCUT2D eigenvalue weighted by molar-refractivity contribution is 6.16. The second-order valence-electron chi connectivity index (χ2n) is 11.0. The van der Waals surface area contributed by atoms with Crippen molar-refractivity contribution in [2.24, 2.45) is 0 Å². The van der Waals surface area contributed by atoms with Crippen molar-refractivity contribution < 1.29 is 14.7 Å². The number of ketones is 1. The summed E-state index contributed by atoms with van der Waals surface area (Å²) in [5.74, 6) is -0.739. The predicted molar refractivity (Wildman–Crippen MR) is 190 cm³/mol. The van der Waals surface area contributed by atoms with Gasteiger partial charge in [-0.05, 0) is 94.3 Å². The first-order valence-electron chi connectivity index (χ1n) is 15.8. The van der Waals surface area contributed by atoms with E-state index in [9.17, 15) is 4.79 Å². The van der Waals surface area contributed by atoms with Gasteiger partial charge in [-0.15, -0.1) is 0 Å². The van der Waals surface area contributed by atoms with Gasteiger partial charge in [0.15, 0.2) is 5.78 Å². The van der Waals surface area contributed by atoms with Crippen LogP contribution in [0.5, 0.6) is 0 Å². The van der Waals surface area contributed by atoms with E-state index in [1.54, 1.807) is 0 Å². The van der Waals surface area contributed by atoms with Crippen LogP contribution in [0.25, 0.3) is 27.9 Å². The Kier molecular flexibility index (Phi) is 13.5. The molecule has 1 aliphatic rings. The highest BCUT2D eigenvalue weighted by Crippen LogP contribution is 2.32. The molecule has 0 atom stereocenters. The number of rotatable bonds is 9. The van der Waals surface area contributed by atoms with Gasteiger partial charge >= 0.3 is 0 Å². The van der Waals surface area contributed by atoms with Crippen LogP contribution in [0.1, 0.15) is 88.2 Å². The van der Waals surface area contributed by atoms with Gasteiger partial charge in [-0.3, -0.25) is 9.59 Å². The lowest BCUT2D eigenvalue weighted by Crippen LogP contribution is -2.06. The molecule has 2 N–H and O–H groups in total. The maximum atomic E-state index is 13.3. The highest BCUT2D eigenvalue weighted by atomic mass is 16.4. The molecule has 1 aliphatic carbocycles. The first kappa shape index (κ1) is 34.7. The number of carbonyl (C=O) groups is 2. The van der Waals surface area contributed by atoms with Crippen molar-refractivity contribution in [2.45, 2.75) is 73.3 Å². The van der Waals surface area contributed by atoms with Crippen LogP contribution in [0.15, 0.2) is 108 Å². The van der Waals surface area contributed by atoms with Crippen LogP contribution in [0.4, 0.5) is 0 Å². The van der Waals surface area contributed by atoms with Crippen LogP contribution in [0, 0.1) is 5.41 Å². The van der Waals surface area contributed by atoms with E-state index in [-0.39, 0.29) is 5.78 Å². The van der Waals surface area contributed by atoms with Gasteiger partial charge in [-0.25, -0.2) is 0 Å². The van der Waals surface area contributed by atoms with Crippen molar-refractivity contribution >= 4 is 45.3 Å². The van der Waals surface area contributed by atoms with E-state index >= 15 is 0 Å². The Morgan fingerprint density at radius 2 is 1.56 bits per heavy atom. The van der Waals surface area contributed by atoms with Crippen molar-refractivity contribution in [3.63, 3.8) is 0 Å². The third kappa shape index (κ3) is 9.61. The Labute approximate surface area is 267 Å². The third-order valence-electron chi connectivity index (χ3n) is 7.61. The zero-order valence-electron chi connectivity index (χ0n) is 27.3. The number of nitrogens with zero attached hydrogens (tertiary/aromatic N) is 1. The summed E-state index contributed by atoms with van der Waals surface area (Å²) in [6, 6.07) is 22.7. The van der Waals surface area contributed by atoms with Crippen LogP contribution < -0.4 is 0 Å². The molecular weight excluding hydrogens is 556 g/mol. The molecule has 1 aromatic heterocycles. The number of aromatic nitrogens is 1. The summed E-state index contributed by atoms with van der Waals surface area (Å²) in [5, 5.41) is 18.3. The minimum atomic E-state index is -0.833. The number of allylic oxidation sites excluding steroid dienone is 7. The maximum Gasteiger partial charge on any atom is 0.300 e.